The normalized spacial score (nSPS) is 12.2. The first-order valence-electron chi connectivity index (χ1n) is 6.24. The first-order chi connectivity index (χ1) is 9.43. The molecule has 2 heterocycles. The predicted molar refractivity (Wildman–Crippen MR) is 69.6 cm³/mol. The summed E-state index contributed by atoms with van der Waals surface area (Å²) < 4.78 is 39.6. The summed E-state index contributed by atoms with van der Waals surface area (Å²) in [4.78, 5) is 0. The van der Waals surface area contributed by atoms with Crippen LogP contribution < -0.4 is 5.73 Å². The average molecular weight is 307 g/mol. The number of hydrogen-bond acceptors (Lipinski definition) is 3. The van der Waals surface area contributed by atoms with Gasteiger partial charge < -0.3 is 5.73 Å². The van der Waals surface area contributed by atoms with Gasteiger partial charge in [0.1, 0.15) is 5.82 Å². The molecule has 2 N–H and O–H groups in total. The molecule has 4 nitrogen and oxygen atoms in total. The number of aromatic nitrogens is 3. The van der Waals surface area contributed by atoms with Gasteiger partial charge in [0, 0.05) is 12.6 Å². The minimum atomic E-state index is -4.45. The summed E-state index contributed by atoms with van der Waals surface area (Å²) in [5, 5.41) is 7.68. The highest BCUT2D eigenvalue weighted by molar-refractivity contribution is 6.33. The van der Waals surface area contributed by atoms with E-state index >= 15 is 0 Å². The maximum Gasteiger partial charge on any atom is 0.417 e. The third-order valence-electron chi connectivity index (χ3n) is 2.96. The lowest BCUT2D eigenvalue weighted by molar-refractivity contribution is -0.137. The molecule has 0 saturated heterocycles. The van der Waals surface area contributed by atoms with E-state index < -0.39 is 11.7 Å². The lowest BCUT2D eigenvalue weighted by Gasteiger charge is -2.08. The quantitative estimate of drug-likeness (QED) is 0.864. The second-order valence-electron chi connectivity index (χ2n) is 4.48. The van der Waals surface area contributed by atoms with Crippen LogP contribution in [0.4, 0.5) is 13.2 Å². The molecule has 0 aliphatic carbocycles. The molecule has 0 aliphatic rings. The number of alkyl halides is 3. The Morgan fingerprint density at radius 1 is 1.20 bits per heavy atom. The van der Waals surface area contributed by atoms with E-state index in [0.717, 1.165) is 31.5 Å². The number of rotatable bonds is 5. The minimum Gasteiger partial charge on any atom is -0.330 e. The van der Waals surface area contributed by atoms with Crippen molar-refractivity contribution in [3.05, 3.63) is 28.7 Å². The number of hydrogen-bond donors (Lipinski definition) is 1. The zero-order valence-corrected chi connectivity index (χ0v) is 11.4. The smallest absolute Gasteiger partial charge is 0.330 e. The lowest BCUT2D eigenvalue weighted by Crippen LogP contribution is -2.08. The minimum absolute atomic E-state index is 0.0551. The van der Waals surface area contributed by atoms with E-state index in [-0.39, 0.29) is 10.7 Å². The van der Waals surface area contributed by atoms with Crippen LogP contribution >= 0.6 is 11.6 Å². The van der Waals surface area contributed by atoms with E-state index in [1.165, 1.54) is 4.40 Å². The lowest BCUT2D eigenvalue weighted by atomic mass is 10.2. The molecule has 0 radical (unpaired) electrons. The summed E-state index contributed by atoms with van der Waals surface area (Å²) in [5.41, 5.74) is 4.83. The fraction of sp³-hybridized carbons (Fsp3) is 0.500. The summed E-state index contributed by atoms with van der Waals surface area (Å²) >= 11 is 5.83. The third-order valence-corrected chi connectivity index (χ3v) is 3.24. The first kappa shape index (κ1) is 15.1. The molecule has 2 rings (SSSR count). The molecule has 0 atom stereocenters. The van der Waals surface area contributed by atoms with Crippen molar-refractivity contribution in [2.24, 2.45) is 5.73 Å². The van der Waals surface area contributed by atoms with Crippen LogP contribution in [0.1, 0.15) is 30.7 Å². The number of pyridine rings is 1. The van der Waals surface area contributed by atoms with Crippen LogP contribution in [0.2, 0.25) is 5.02 Å². The number of nitrogens with zero attached hydrogens (tertiary/aromatic N) is 3. The van der Waals surface area contributed by atoms with Gasteiger partial charge in [0.2, 0.25) is 0 Å². The Bertz CT molecular complexity index is 594. The van der Waals surface area contributed by atoms with E-state index in [1.807, 2.05) is 0 Å². The van der Waals surface area contributed by atoms with Crippen LogP contribution in [0, 0.1) is 0 Å². The van der Waals surface area contributed by atoms with Crippen molar-refractivity contribution in [2.75, 3.05) is 6.54 Å². The Hall–Kier alpha value is -1.34. The largest absolute Gasteiger partial charge is 0.417 e. The standard InChI is InChI=1S/C12H14ClF3N4/c13-9-6-8(12(14,15)16)7-20-10(18-19-11(9)20)4-2-1-3-5-17/h6-7H,1-5,17H2. The fourth-order valence-corrected chi connectivity index (χ4v) is 2.18. The maximum absolute atomic E-state index is 12.8. The van der Waals surface area contributed by atoms with E-state index in [9.17, 15) is 13.2 Å². The molecule has 8 heteroatoms. The molecule has 0 aliphatic heterocycles. The van der Waals surface area contributed by atoms with Crippen molar-refractivity contribution in [3.8, 4) is 0 Å². The van der Waals surface area contributed by atoms with Crippen LogP contribution in [0.3, 0.4) is 0 Å². The van der Waals surface area contributed by atoms with Gasteiger partial charge in [-0.1, -0.05) is 18.0 Å². The molecule has 0 unspecified atom stereocenters. The Balaban J connectivity index is 2.30. The Morgan fingerprint density at radius 2 is 1.95 bits per heavy atom. The van der Waals surface area contributed by atoms with Crippen molar-refractivity contribution in [2.45, 2.75) is 31.9 Å². The van der Waals surface area contributed by atoms with Crippen LogP contribution in [-0.4, -0.2) is 21.1 Å². The molecule has 0 amide bonds. The molecule has 2 aromatic rings. The number of nitrogens with two attached hydrogens (primary N) is 1. The van der Waals surface area contributed by atoms with Gasteiger partial charge in [-0.3, -0.25) is 4.40 Å². The van der Waals surface area contributed by atoms with Crippen LogP contribution in [0.5, 0.6) is 0 Å². The van der Waals surface area contributed by atoms with Crippen LogP contribution in [0.25, 0.3) is 5.65 Å². The highest BCUT2D eigenvalue weighted by atomic mass is 35.5. The first-order valence-corrected chi connectivity index (χ1v) is 6.61. The van der Waals surface area contributed by atoms with Gasteiger partial charge in [-0.25, -0.2) is 0 Å². The number of halogens is 4. The highest BCUT2D eigenvalue weighted by Crippen LogP contribution is 2.32. The fourth-order valence-electron chi connectivity index (χ4n) is 1.93. The Labute approximate surface area is 118 Å². The molecule has 0 bridgehead atoms. The summed E-state index contributed by atoms with van der Waals surface area (Å²) in [7, 11) is 0. The second kappa shape index (κ2) is 5.97. The molecule has 0 fully saturated rings. The molecule has 0 aromatic carbocycles. The third kappa shape index (κ3) is 3.21. The van der Waals surface area contributed by atoms with Crippen LogP contribution in [0.15, 0.2) is 12.3 Å². The molecule has 110 valence electrons. The summed E-state index contributed by atoms with van der Waals surface area (Å²) in [5.74, 6) is 0.477. The van der Waals surface area contributed by atoms with E-state index in [2.05, 4.69) is 10.2 Å². The molecular weight excluding hydrogens is 293 g/mol. The van der Waals surface area contributed by atoms with E-state index in [1.54, 1.807) is 0 Å². The Morgan fingerprint density at radius 3 is 2.60 bits per heavy atom. The highest BCUT2D eigenvalue weighted by Gasteiger charge is 2.32. The number of fused-ring (bicyclic) bond motifs is 1. The van der Waals surface area contributed by atoms with Gasteiger partial charge in [-0.15, -0.1) is 10.2 Å². The number of unbranched alkanes of at least 4 members (excludes halogenated alkanes) is 2. The van der Waals surface area contributed by atoms with Gasteiger partial charge in [0.25, 0.3) is 0 Å². The van der Waals surface area contributed by atoms with Gasteiger partial charge in [0.05, 0.1) is 10.6 Å². The van der Waals surface area contributed by atoms with E-state index in [0.29, 0.717) is 18.8 Å². The molecule has 0 spiro atoms. The van der Waals surface area contributed by atoms with Gasteiger partial charge in [0.15, 0.2) is 5.65 Å². The van der Waals surface area contributed by atoms with Gasteiger partial charge >= 0.3 is 6.18 Å². The Kier molecular flexibility index (Phi) is 4.49. The predicted octanol–water partition coefficient (Wildman–Crippen LogP) is 3.07. The summed E-state index contributed by atoms with van der Waals surface area (Å²) in [6.45, 7) is 0.602. The SMILES string of the molecule is NCCCCCc1nnc2c(Cl)cc(C(F)(F)F)cn12. The van der Waals surface area contributed by atoms with Gasteiger partial charge in [-0.05, 0) is 25.5 Å². The monoisotopic (exact) mass is 306 g/mol. The summed E-state index contributed by atoms with van der Waals surface area (Å²) in [6, 6.07) is 0.865. The maximum atomic E-state index is 12.8. The zero-order valence-electron chi connectivity index (χ0n) is 10.6. The molecule has 0 saturated carbocycles. The van der Waals surface area contributed by atoms with Crippen molar-refractivity contribution < 1.29 is 13.2 Å². The molecular formula is C12H14ClF3N4. The van der Waals surface area contributed by atoms with Crippen molar-refractivity contribution in [3.63, 3.8) is 0 Å². The van der Waals surface area contributed by atoms with Crippen molar-refractivity contribution in [1.82, 2.24) is 14.6 Å². The molecule has 20 heavy (non-hydrogen) atoms. The number of aryl methyl sites for hydroxylation is 1. The van der Waals surface area contributed by atoms with Crippen molar-refractivity contribution >= 4 is 17.2 Å². The topological polar surface area (TPSA) is 56.2 Å². The van der Waals surface area contributed by atoms with Crippen molar-refractivity contribution in [1.29, 1.82) is 0 Å². The zero-order chi connectivity index (χ0) is 14.8. The molecule has 2 aromatic heterocycles. The summed E-state index contributed by atoms with van der Waals surface area (Å²) in [6.07, 6.45) is -0.341. The second-order valence-corrected chi connectivity index (χ2v) is 4.89. The van der Waals surface area contributed by atoms with Gasteiger partial charge in [-0.2, -0.15) is 13.2 Å². The van der Waals surface area contributed by atoms with Crippen LogP contribution in [-0.2, 0) is 12.6 Å². The average Bonchev–Trinajstić information content (AvgIpc) is 2.77. The van der Waals surface area contributed by atoms with E-state index in [4.69, 9.17) is 17.3 Å².